The van der Waals surface area contributed by atoms with Gasteiger partial charge in [-0.15, -0.1) is 11.8 Å². The van der Waals surface area contributed by atoms with Crippen LogP contribution in [0.5, 0.6) is 0 Å². The number of nitrogens with one attached hydrogen (secondary N) is 1. The molecule has 100 valence electrons. The van der Waals surface area contributed by atoms with Crippen LogP contribution in [0.25, 0.3) is 0 Å². The van der Waals surface area contributed by atoms with Crippen molar-refractivity contribution in [3.63, 3.8) is 0 Å². The fourth-order valence-corrected chi connectivity index (χ4v) is 2.64. The Balaban J connectivity index is 1.96. The molecule has 0 aliphatic rings. The van der Waals surface area contributed by atoms with Crippen molar-refractivity contribution < 1.29 is 0 Å². The molecule has 0 fully saturated rings. The van der Waals surface area contributed by atoms with E-state index in [4.69, 9.17) is 0 Å². The molecule has 3 heteroatoms. The van der Waals surface area contributed by atoms with Gasteiger partial charge in [-0.3, -0.25) is 0 Å². The summed E-state index contributed by atoms with van der Waals surface area (Å²) in [6.07, 6.45) is 1.96. The largest absolute Gasteiger partial charge is 0.313 e. The molecule has 1 aromatic carbocycles. The van der Waals surface area contributed by atoms with Crippen LogP contribution < -0.4 is 5.32 Å². The molecule has 1 atom stereocenters. The lowest BCUT2D eigenvalue weighted by Gasteiger charge is -2.10. The molecular formula is C16H20N2S. The molecular weight excluding hydrogens is 252 g/mol. The van der Waals surface area contributed by atoms with Crippen LogP contribution >= 0.6 is 11.8 Å². The van der Waals surface area contributed by atoms with E-state index in [9.17, 15) is 0 Å². The molecule has 0 amide bonds. The van der Waals surface area contributed by atoms with Gasteiger partial charge in [-0.05, 0) is 38.1 Å². The predicted molar refractivity (Wildman–Crippen MR) is 82.5 cm³/mol. The molecule has 2 rings (SSSR count). The van der Waals surface area contributed by atoms with Crippen LogP contribution in [0.15, 0.2) is 47.6 Å². The van der Waals surface area contributed by atoms with Gasteiger partial charge in [0.1, 0.15) is 0 Å². The van der Waals surface area contributed by atoms with Crippen molar-refractivity contribution in [1.82, 2.24) is 10.3 Å². The van der Waals surface area contributed by atoms with Gasteiger partial charge in [0.2, 0.25) is 0 Å². The zero-order valence-corrected chi connectivity index (χ0v) is 12.5. The van der Waals surface area contributed by atoms with Crippen molar-refractivity contribution >= 4 is 11.8 Å². The highest BCUT2D eigenvalue weighted by Gasteiger charge is 2.03. The highest BCUT2D eigenvalue weighted by atomic mass is 32.2. The second kappa shape index (κ2) is 6.73. The third-order valence-electron chi connectivity index (χ3n) is 3.16. The van der Waals surface area contributed by atoms with E-state index < -0.39 is 0 Å². The van der Waals surface area contributed by atoms with Crippen LogP contribution in [0.3, 0.4) is 0 Å². The van der Waals surface area contributed by atoms with E-state index in [1.54, 1.807) is 11.8 Å². The molecule has 0 aliphatic heterocycles. The smallest absolute Gasteiger partial charge is 0.0963 e. The van der Waals surface area contributed by atoms with Crippen LogP contribution in [-0.2, 0) is 5.75 Å². The summed E-state index contributed by atoms with van der Waals surface area (Å²) in [7, 11) is 1.96. The minimum Gasteiger partial charge on any atom is -0.313 e. The Hall–Kier alpha value is -1.32. The van der Waals surface area contributed by atoms with Crippen molar-refractivity contribution in [2.24, 2.45) is 0 Å². The Bertz CT molecular complexity index is 523. The van der Waals surface area contributed by atoms with E-state index in [1.807, 2.05) is 13.2 Å². The second-order valence-corrected chi connectivity index (χ2v) is 5.71. The van der Waals surface area contributed by atoms with Crippen molar-refractivity contribution in [3.8, 4) is 0 Å². The number of benzene rings is 1. The zero-order chi connectivity index (χ0) is 13.7. The van der Waals surface area contributed by atoms with Gasteiger partial charge >= 0.3 is 0 Å². The van der Waals surface area contributed by atoms with Gasteiger partial charge in [0, 0.05) is 18.0 Å². The number of thioether (sulfide) groups is 1. The first-order valence-corrected chi connectivity index (χ1v) is 7.49. The van der Waals surface area contributed by atoms with E-state index in [2.05, 4.69) is 60.5 Å². The summed E-state index contributed by atoms with van der Waals surface area (Å²) >= 11 is 1.78. The van der Waals surface area contributed by atoms with Crippen LogP contribution in [0, 0.1) is 6.92 Å². The summed E-state index contributed by atoms with van der Waals surface area (Å²) in [5.41, 5.74) is 3.88. The van der Waals surface area contributed by atoms with Gasteiger partial charge in [-0.25, -0.2) is 4.98 Å². The number of aryl methyl sites for hydroxylation is 1. The number of pyridine rings is 1. The van der Waals surface area contributed by atoms with Crippen LogP contribution in [0.4, 0.5) is 0 Å². The standard InChI is InChI=1S/C16H20N2S/c1-12-5-4-6-14(9-12)11-19-16-8-7-15(10-18-16)13(2)17-3/h4-10,13,17H,11H2,1-3H3. The lowest BCUT2D eigenvalue weighted by atomic mass is 10.1. The van der Waals surface area contributed by atoms with Crippen molar-refractivity contribution in [2.75, 3.05) is 7.05 Å². The highest BCUT2D eigenvalue weighted by molar-refractivity contribution is 7.98. The Morgan fingerprint density at radius 3 is 2.74 bits per heavy atom. The van der Waals surface area contributed by atoms with E-state index in [1.165, 1.54) is 16.7 Å². The van der Waals surface area contributed by atoms with Crippen LogP contribution in [0.1, 0.15) is 29.7 Å². The summed E-state index contributed by atoms with van der Waals surface area (Å²) in [4.78, 5) is 4.51. The molecule has 1 N–H and O–H groups in total. The summed E-state index contributed by atoms with van der Waals surface area (Å²) in [5.74, 6) is 0.968. The molecule has 0 bridgehead atoms. The molecule has 1 aromatic heterocycles. The van der Waals surface area contributed by atoms with E-state index in [0.717, 1.165) is 10.8 Å². The number of hydrogen-bond donors (Lipinski definition) is 1. The average Bonchev–Trinajstić information content (AvgIpc) is 2.45. The van der Waals surface area contributed by atoms with Crippen molar-refractivity contribution in [2.45, 2.75) is 30.7 Å². The number of rotatable bonds is 5. The van der Waals surface area contributed by atoms with E-state index in [0.29, 0.717) is 6.04 Å². The lowest BCUT2D eigenvalue weighted by molar-refractivity contribution is 0.648. The molecule has 0 aliphatic carbocycles. The summed E-state index contributed by atoms with van der Waals surface area (Å²) in [5, 5.41) is 4.30. The number of aromatic nitrogens is 1. The molecule has 0 saturated carbocycles. The third-order valence-corrected chi connectivity index (χ3v) is 4.18. The SMILES string of the molecule is CNC(C)c1ccc(SCc2cccc(C)c2)nc1. The average molecular weight is 272 g/mol. The minimum atomic E-state index is 0.350. The van der Waals surface area contributed by atoms with Crippen LogP contribution in [0.2, 0.25) is 0 Å². The van der Waals surface area contributed by atoms with Gasteiger partial charge in [0.25, 0.3) is 0 Å². The van der Waals surface area contributed by atoms with Gasteiger partial charge in [-0.2, -0.15) is 0 Å². The first-order chi connectivity index (χ1) is 9.19. The first kappa shape index (κ1) is 14.1. The highest BCUT2D eigenvalue weighted by Crippen LogP contribution is 2.22. The molecule has 0 saturated heterocycles. The number of nitrogens with zero attached hydrogens (tertiary/aromatic N) is 1. The first-order valence-electron chi connectivity index (χ1n) is 6.50. The van der Waals surface area contributed by atoms with Gasteiger partial charge in [0.05, 0.1) is 5.03 Å². The van der Waals surface area contributed by atoms with Crippen molar-refractivity contribution in [3.05, 3.63) is 59.3 Å². The van der Waals surface area contributed by atoms with Crippen LogP contribution in [-0.4, -0.2) is 12.0 Å². The molecule has 2 nitrogen and oxygen atoms in total. The predicted octanol–water partition coefficient (Wildman–Crippen LogP) is 3.96. The van der Waals surface area contributed by atoms with Gasteiger partial charge in [-0.1, -0.05) is 35.9 Å². The Morgan fingerprint density at radius 1 is 1.26 bits per heavy atom. The van der Waals surface area contributed by atoms with Gasteiger partial charge in [0.15, 0.2) is 0 Å². The maximum absolute atomic E-state index is 4.51. The normalized spacial score (nSPS) is 12.4. The zero-order valence-electron chi connectivity index (χ0n) is 11.7. The summed E-state index contributed by atoms with van der Waals surface area (Å²) < 4.78 is 0. The summed E-state index contributed by atoms with van der Waals surface area (Å²) in [6, 6.07) is 13.2. The Morgan fingerprint density at radius 2 is 2.11 bits per heavy atom. The Labute approximate surface area is 119 Å². The third kappa shape index (κ3) is 4.08. The molecule has 1 heterocycles. The van der Waals surface area contributed by atoms with E-state index in [-0.39, 0.29) is 0 Å². The molecule has 1 unspecified atom stereocenters. The maximum Gasteiger partial charge on any atom is 0.0963 e. The lowest BCUT2D eigenvalue weighted by Crippen LogP contribution is -2.12. The fraction of sp³-hybridized carbons (Fsp3) is 0.312. The molecule has 19 heavy (non-hydrogen) atoms. The Kier molecular flexibility index (Phi) is 5.00. The monoisotopic (exact) mass is 272 g/mol. The van der Waals surface area contributed by atoms with Crippen molar-refractivity contribution in [1.29, 1.82) is 0 Å². The van der Waals surface area contributed by atoms with Gasteiger partial charge < -0.3 is 5.32 Å². The molecule has 2 aromatic rings. The summed E-state index contributed by atoms with van der Waals surface area (Å²) in [6.45, 7) is 4.26. The fourth-order valence-electron chi connectivity index (χ4n) is 1.86. The molecule has 0 radical (unpaired) electrons. The maximum atomic E-state index is 4.51. The molecule has 0 spiro atoms. The number of hydrogen-bond acceptors (Lipinski definition) is 3. The quantitative estimate of drug-likeness (QED) is 0.834. The second-order valence-electron chi connectivity index (χ2n) is 4.72. The van der Waals surface area contributed by atoms with E-state index >= 15 is 0 Å². The topological polar surface area (TPSA) is 24.9 Å². The minimum absolute atomic E-state index is 0.350.